The zero-order chi connectivity index (χ0) is 32.8. The van der Waals surface area contributed by atoms with Crippen molar-refractivity contribution in [3.63, 3.8) is 0 Å². The number of hydrogen-bond donors (Lipinski definition) is 0. The molecule has 2 aliphatic heterocycles. The molecule has 0 saturated heterocycles. The van der Waals surface area contributed by atoms with Crippen molar-refractivity contribution < 1.29 is 10.8 Å². The second-order valence-electron chi connectivity index (χ2n) is 15.0. The van der Waals surface area contributed by atoms with E-state index in [2.05, 4.69) is 142 Å². The Morgan fingerprint density at radius 3 is 1.80 bits per heavy atom. The minimum Gasteiger partial charge on any atom is -0.458 e. The van der Waals surface area contributed by atoms with Crippen LogP contribution in [0.4, 0.5) is 0 Å². The summed E-state index contributed by atoms with van der Waals surface area (Å²) >= 11 is 0. The van der Waals surface area contributed by atoms with Crippen molar-refractivity contribution in [1.29, 1.82) is 0 Å². The molecule has 1 aliphatic carbocycles. The molecule has 1 saturated carbocycles. The van der Waals surface area contributed by atoms with E-state index < -0.39 is 30.1 Å². The Bertz CT molecular complexity index is 2060. The van der Waals surface area contributed by atoms with E-state index in [1.165, 1.54) is 36.7 Å². The van der Waals surface area contributed by atoms with E-state index in [1.807, 2.05) is 0 Å². The monoisotopic (exact) mass is 653 g/mol. The molecule has 0 unspecified atom stereocenters. The van der Waals surface area contributed by atoms with Gasteiger partial charge in [-0.1, -0.05) is 148 Å². The normalized spacial score (nSPS) is 18.6. The highest BCUT2D eigenvalue weighted by molar-refractivity contribution is 7.04. The summed E-state index contributed by atoms with van der Waals surface area (Å²) in [5.74, 6) is 3.49. The standard InChI is InChI=1S/C41H44O2Si3/c1-44(2,38-23-14-24-39-41(38)43-34-19-10-12-21-36(34)46(39,5)6)29-25-26-30(28-15-7-8-16-28)32(27-29)31-17-13-22-37-40(31)42-33-18-9-11-20-35(33)45(37,3)4/h9-14,17-28H,7-8,15-16H2,1-6H3/i28D. The van der Waals surface area contributed by atoms with E-state index in [-0.39, 0.29) is 0 Å². The molecule has 0 atom stereocenters. The molecule has 0 spiro atoms. The predicted molar refractivity (Wildman–Crippen MR) is 203 cm³/mol. The van der Waals surface area contributed by atoms with E-state index in [9.17, 15) is 1.37 Å². The van der Waals surface area contributed by atoms with Gasteiger partial charge in [-0.2, -0.15) is 0 Å². The van der Waals surface area contributed by atoms with Crippen molar-refractivity contribution in [2.75, 3.05) is 0 Å². The van der Waals surface area contributed by atoms with Gasteiger partial charge < -0.3 is 9.47 Å². The summed E-state index contributed by atoms with van der Waals surface area (Å²) in [6.45, 7) is 14.7. The molecule has 232 valence electrons. The summed E-state index contributed by atoms with van der Waals surface area (Å²) < 4.78 is 23.4. The Kier molecular flexibility index (Phi) is 6.64. The second kappa shape index (κ2) is 10.7. The molecule has 0 N–H and O–H groups in total. The molecule has 2 nitrogen and oxygen atoms in total. The number of fused-ring (bicyclic) bond motifs is 4. The highest BCUT2D eigenvalue weighted by atomic mass is 28.3. The lowest BCUT2D eigenvalue weighted by atomic mass is 9.89. The van der Waals surface area contributed by atoms with Gasteiger partial charge in [0.1, 0.15) is 47.2 Å². The molecular formula is C41H44O2Si3. The molecule has 8 rings (SSSR count). The van der Waals surface area contributed by atoms with Gasteiger partial charge in [-0.25, -0.2) is 0 Å². The molecule has 5 aromatic carbocycles. The Balaban J connectivity index is 1.32. The van der Waals surface area contributed by atoms with Gasteiger partial charge in [0.2, 0.25) is 0 Å². The first-order valence-corrected chi connectivity index (χ1v) is 25.9. The van der Waals surface area contributed by atoms with Gasteiger partial charge >= 0.3 is 0 Å². The Labute approximate surface area is 278 Å². The quantitative estimate of drug-likeness (QED) is 0.185. The molecule has 0 amide bonds. The van der Waals surface area contributed by atoms with E-state index >= 15 is 0 Å². The predicted octanol–water partition coefficient (Wildman–Crippen LogP) is 7.69. The maximum absolute atomic E-state index is 9.74. The lowest BCUT2D eigenvalue weighted by Gasteiger charge is -2.37. The van der Waals surface area contributed by atoms with Gasteiger partial charge in [-0.15, -0.1) is 0 Å². The maximum Gasteiger partial charge on any atom is 0.134 e. The van der Waals surface area contributed by atoms with Crippen LogP contribution in [0.2, 0.25) is 39.3 Å². The number of benzene rings is 5. The van der Waals surface area contributed by atoms with Gasteiger partial charge in [0.15, 0.2) is 0 Å². The first-order valence-electron chi connectivity index (χ1n) is 17.4. The van der Waals surface area contributed by atoms with Crippen LogP contribution in [0.25, 0.3) is 11.1 Å². The van der Waals surface area contributed by atoms with Crippen LogP contribution < -0.4 is 40.6 Å². The van der Waals surface area contributed by atoms with Crippen molar-refractivity contribution in [2.45, 2.75) is 70.9 Å². The van der Waals surface area contributed by atoms with Gasteiger partial charge in [0.05, 0.1) is 0 Å². The van der Waals surface area contributed by atoms with Crippen LogP contribution in [0.15, 0.2) is 103 Å². The van der Waals surface area contributed by atoms with Crippen molar-refractivity contribution in [1.82, 2.24) is 0 Å². The molecule has 1 fully saturated rings. The second-order valence-corrected chi connectivity index (χ2v) is 28.0. The summed E-state index contributed by atoms with van der Waals surface area (Å²) in [6, 6.07) is 38.0. The lowest BCUT2D eigenvalue weighted by Crippen LogP contribution is -2.60. The highest BCUT2D eigenvalue weighted by Crippen LogP contribution is 2.43. The van der Waals surface area contributed by atoms with Crippen molar-refractivity contribution in [2.24, 2.45) is 0 Å². The van der Waals surface area contributed by atoms with Crippen LogP contribution in [-0.4, -0.2) is 24.2 Å². The minimum absolute atomic E-state index is 0.587. The molecule has 5 aromatic rings. The minimum atomic E-state index is -2.29. The van der Waals surface area contributed by atoms with E-state index in [0.29, 0.717) is 0 Å². The molecular weight excluding hydrogens is 609 g/mol. The summed E-state index contributed by atoms with van der Waals surface area (Å²) in [5.41, 5.74) is 3.45. The molecule has 46 heavy (non-hydrogen) atoms. The van der Waals surface area contributed by atoms with Gasteiger partial charge in [-0.3, -0.25) is 0 Å². The number of hydrogen-bond acceptors (Lipinski definition) is 2. The topological polar surface area (TPSA) is 18.5 Å². The summed E-state index contributed by atoms with van der Waals surface area (Å²) in [5, 5.41) is 8.15. The first kappa shape index (κ1) is 28.6. The van der Waals surface area contributed by atoms with Gasteiger partial charge in [0.25, 0.3) is 0 Å². The summed E-state index contributed by atoms with van der Waals surface area (Å²) in [6.07, 6.45) is 4.02. The third kappa shape index (κ3) is 4.46. The molecule has 5 heteroatoms. The Hall–Kier alpha value is -3.65. The zero-order valence-corrected chi connectivity index (χ0v) is 31.0. The van der Waals surface area contributed by atoms with Crippen LogP contribution in [0, 0.1) is 0 Å². The molecule has 0 radical (unpaired) electrons. The van der Waals surface area contributed by atoms with Crippen molar-refractivity contribution in [3.8, 4) is 34.1 Å². The van der Waals surface area contributed by atoms with Gasteiger partial charge in [0, 0.05) is 6.93 Å². The number of ether oxygens (including phenoxy) is 2. The third-order valence-electron chi connectivity index (χ3n) is 11.2. The van der Waals surface area contributed by atoms with E-state index in [1.54, 1.807) is 0 Å². The highest BCUT2D eigenvalue weighted by Gasteiger charge is 2.41. The smallest absolute Gasteiger partial charge is 0.134 e. The largest absolute Gasteiger partial charge is 0.458 e. The third-order valence-corrected chi connectivity index (χ3v) is 21.7. The van der Waals surface area contributed by atoms with Crippen molar-refractivity contribution in [3.05, 3.63) is 109 Å². The first-order chi connectivity index (χ1) is 22.4. The van der Waals surface area contributed by atoms with Gasteiger partial charge in [-0.05, 0) is 67.9 Å². The summed E-state index contributed by atoms with van der Waals surface area (Å²) in [4.78, 5) is 0. The average Bonchev–Trinajstić information content (AvgIpc) is 3.51. The number of para-hydroxylation sites is 4. The summed E-state index contributed by atoms with van der Waals surface area (Å²) in [7, 11) is -6.23. The fourth-order valence-corrected chi connectivity index (χ4v) is 16.7. The fourth-order valence-electron chi connectivity index (χ4n) is 8.33. The van der Waals surface area contributed by atoms with Crippen molar-refractivity contribution >= 4 is 55.3 Å². The molecule has 0 bridgehead atoms. The van der Waals surface area contributed by atoms with Crippen LogP contribution in [-0.2, 0) is 0 Å². The fraction of sp³-hybridized carbons (Fsp3) is 0.268. The molecule has 3 aliphatic rings. The maximum atomic E-state index is 9.74. The van der Waals surface area contributed by atoms with E-state index in [0.717, 1.165) is 59.8 Å². The van der Waals surface area contributed by atoms with Crippen LogP contribution in [0.1, 0.15) is 38.5 Å². The Morgan fingerprint density at radius 2 is 1.15 bits per heavy atom. The number of rotatable bonds is 4. The SMILES string of the molecule is [2H]C1(c2ccc([Si](C)(C)c3cccc4c3Oc3ccccc3[Si]4(C)C)cc2-c2cccc3c2Oc2ccccc2[Si]3(C)C)CCCC1. The average molecular weight is 654 g/mol. The van der Waals surface area contributed by atoms with Crippen LogP contribution >= 0.6 is 0 Å². The van der Waals surface area contributed by atoms with Crippen LogP contribution in [0.5, 0.6) is 23.0 Å². The molecule has 0 aromatic heterocycles. The lowest BCUT2D eigenvalue weighted by molar-refractivity contribution is 0.488. The zero-order valence-electron chi connectivity index (χ0n) is 29.0. The Morgan fingerprint density at radius 1 is 0.609 bits per heavy atom. The van der Waals surface area contributed by atoms with E-state index in [4.69, 9.17) is 9.47 Å². The molecule has 2 heterocycles. The van der Waals surface area contributed by atoms with Crippen LogP contribution in [0.3, 0.4) is 0 Å².